The number of piperazine rings is 1. The van der Waals surface area contributed by atoms with Crippen molar-refractivity contribution in [2.45, 2.75) is 19.9 Å². The van der Waals surface area contributed by atoms with Crippen LogP contribution in [0.1, 0.15) is 24.2 Å². The number of anilines is 1. The minimum Gasteiger partial charge on any atom is -0.497 e. The van der Waals surface area contributed by atoms with Crippen molar-refractivity contribution in [2.24, 2.45) is 5.92 Å². The van der Waals surface area contributed by atoms with E-state index in [9.17, 15) is 9.59 Å². The lowest BCUT2D eigenvalue weighted by atomic mass is 10.0. The molecule has 1 aliphatic rings. The molecule has 2 aromatic rings. The van der Waals surface area contributed by atoms with Crippen molar-refractivity contribution in [3.05, 3.63) is 54.2 Å². The van der Waals surface area contributed by atoms with Gasteiger partial charge in [0.25, 0.3) is 5.91 Å². The summed E-state index contributed by atoms with van der Waals surface area (Å²) in [5.74, 6) is 1.30. The number of methoxy groups -OCH3 is 1. The standard InChI is InChI=1S/C22H28N4O3/c1-16(2)20(24-21(27)17-7-9-18(29-3)10-8-17)22(28)26-14-12-25(13-15-26)19-6-4-5-11-23-19/h4-11,16,20H,12-15H2,1-3H3,(H,24,27)/t20-/m0/s1. The van der Waals surface area contributed by atoms with Crippen molar-refractivity contribution in [3.63, 3.8) is 0 Å². The molecule has 7 heteroatoms. The van der Waals surface area contributed by atoms with Gasteiger partial charge in [0.15, 0.2) is 0 Å². The lowest BCUT2D eigenvalue weighted by Gasteiger charge is -2.37. The molecular formula is C22H28N4O3. The highest BCUT2D eigenvalue weighted by Crippen LogP contribution is 2.16. The summed E-state index contributed by atoms with van der Waals surface area (Å²) in [5.41, 5.74) is 0.504. The Morgan fingerprint density at radius 3 is 2.28 bits per heavy atom. The van der Waals surface area contributed by atoms with Crippen molar-refractivity contribution >= 4 is 17.6 Å². The third kappa shape index (κ3) is 5.04. The first-order valence-corrected chi connectivity index (χ1v) is 9.89. The quantitative estimate of drug-likeness (QED) is 0.810. The molecule has 0 bridgehead atoms. The summed E-state index contributed by atoms with van der Waals surface area (Å²) in [6.45, 7) is 6.55. The first-order valence-electron chi connectivity index (χ1n) is 9.89. The van der Waals surface area contributed by atoms with Gasteiger partial charge in [-0.25, -0.2) is 4.98 Å². The van der Waals surface area contributed by atoms with Gasteiger partial charge < -0.3 is 19.9 Å². The average molecular weight is 396 g/mol. The minimum atomic E-state index is -0.564. The van der Waals surface area contributed by atoms with Crippen LogP contribution in [0.25, 0.3) is 0 Å². The molecule has 2 amide bonds. The second-order valence-corrected chi connectivity index (χ2v) is 7.42. The monoisotopic (exact) mass is 396 g/mol. The molecule has 0 aliphatic carbocycles. The normalized spacial score (nSPS) is 15.2. The third-order valence-corrected chi connectivity index (χ3v) is 5.14. The maximum Gasteiger partial charge on any atom is 0.251 e. The first-order chi connectivity index (χ1) is 14.0. The molecule has 0 saturated carbocycles. The van der Waals surface area contributed by atoms with Crippen molar-refractivity contribution in [3.8, 4) is 5.75 Å². The van der Waals surface area contributed by atoms with Gasteiger partial charge in [-0.2, -0.15) is 0 Å². The van der Waals surface area contributed by atoms with Gasteiger partial charge >= 0.3 is 0 Å². The molecule has 0 spiro atoms. The van der Waals surface area contributed by atoms with E-state index in [4.69, 9.17) is 4.74 Å². The predicted octanol–water partition coefficient (Wildman–Crippen LogP) is 2.19. The maximum atomic E-state index is 13.1. The van der Waals surface area contributed by atoms with Gasteiger partial charge in [0.2, 0.25) is 5.91 Å². The van der Waals surface area contributed by atoms with E-state index < -0.39 is 6.04 Å². The Labute approximate surface area is 171 Å². The van der Waals surface area contributed by atoms with Gasteiger partial charge in [-0.15, -0.1) is 0 Å². The molecular weight excluding hydrogens is 368 g/mol. The Balaban J connectivity index is 1.61. The topological polar surface area (TPSA) is 74.8 Å². The highest BCUT2D eigenvalue weighted by Gasteiger charge is 2.31. The van der Waals surface area contributed by atoms with Crippen LogP contribution in [-0.4, -0.2) is 61.0 Å². The third-order valence-electron chi connectivity index (χ3n) is 5.14. The highest BCUT2D eigenvalue weighted by atomic mass is 16.5. The molecule has 1 aromatic carbocycles. The zero-order chi connectivity index (χ0) is 20.8. The molecule has 3 rings (SSSR count). The molecule has 2 heterocycles. The van der Waals surface area contributed by atoms with E-state index in [2.05, 4.69) is 15.2 Å². The summed E-state index contributed by atoms with van der Waals surface area (Å²) in [6, 6.07) is 12.1. The number of pyridine rings is 1. The van der Waals surface area contributed by atoms with Gasteiger partial charge in [-0.05, 0) is 42.3 Å². The van der Waals surface area contributed by atoms with Crippen molar-refractivity contribution in [2.75, 3.05) is 38.2 Å². The maximum absolute atomic E-state index is 13.1. The largest absolute Gasteiger partial charge is 0.497 e. The number of carbonyl (C=O) groups is 2. The molecule has 29 heavy (non-hydrogen) atoms. The van der Waals surface area contributed by atoms with E-state index in [1.807, 2.05) is 36.9 Å². The summed E-state index contributed by atoms with van der Waals surface area (Å²) < 4.78 is 5.13. The van der Waals surface area contributed by atoms with Gasteiger partial charge in [0.1, 0.15) is 17.6 Å². The van der Waals surface area contributed by atoms with Gasteiger partial charge in [0.05, 0.1) is 7.11 Å². The Morgan fingerprint density at radius 1 is 1.03 bits per heavy atom. The van der Waals surface area contributed by atoms with Crippen LogP contribution < -0.4 is 15.0 Å². The molecule has 1 aliphatic heterocycles. The fraction of sp³-hybridized carbons (Fsp3) is 0.409. The first kappa shape index (κ1) is 20.6. The van der Waals surface area contributed by atoms with E-state index in [0.717, 1.165) is 18.9 Å². The SMILES string of the molecule is COc1ccc(C(=O)N[C@H](C(=O)N2CCN(c3ccccn3)CC2)C(C)C)cc1. The number of amides is 2. The van der Waals surface area contributed by atoms with Crippen LogP contribution in [0, 0.1) is 5.92 Å². The molecule has 1 atom stereocenters. The molecule has 154 valence electrons. The van der Waals surface area contributed by atoms with Crippen molar-refractivity contribution < 1.29 is 14.3 Å². The number of hydrogen-bond donors (Lipinski definition) is 1. The van der Waals surface area contributed by atoms with E-state index in [1.165, 1.54) is 0 Å². The number of carbonyl (C=O) groups excluding carboxylic acids is 2. The van der Waals surface area contributed by atoms with Crippen LogP contribution in [0.4, 0.5) is 5.82 Å². The number of rotatable bonds is 6. The Kier molecular flexibility index (Phi) is 6.69. The zero-order valence-corrected chi connectivity index (χ0v) is 17.2. The minimum absolute atomic E-state index is 0.0153. The van der Waals surface area contributed by atoms with Crippen molar-refractivity contribution in [1.29, 1.82) is 0 Å². The number of nitrogens with one attached hydrogen (secondary N) is 1. The summed E-state index contributed by atoms with van der Waals surface area (Å²) >= 11 is 0. The molecule has 0 radical (unpaired) electrons. The van der Waals surface area contributed by atoms with Crippen LogP contribution in [0.3, 0.4) is 0 Å². The van der Waals surface area contributed by atoms with E-state index in [-0.39, 0.29) is 17.7 Å². The molecule has 1 N–H and O–H groups in total. The van der Waals surface area contributed by atoms with Crippen molar-refractivity contribution in [1.82, 2.24) is 15.2 Å². The van der Waals surface area contributed by atoms with Crippen LogP contribution in [0.5, 0.6) is 5.75 Å². The Bertz CT molecular complexity index is 816. The van der Waals surface area contributed by atoms with E-state index in [0.29, 0.717) is 24.4 Å². The Morgan fingerprint density at radius 2 is 1.72 bits per heavy atom. The van der Waals surface area contributed by atoms with Crippen LogP contribution in [-0.2, 0) is 4.79 Å². The molecule has 1 fully saturated rings. The summed E-state index contributed by atoms with van der Waals surface area (Å²) in [5, 5.41) is 2.91. The highest BCUT2D eigenvalue weighted by molar-refractivity contribution is 5.97. The van der Waals surface area contributed by atoms with Gasteiger partial charge in [-0.3, -0.25) is 9.59 Å². The zero-order valence-electron chi connectivity index (χ0n) is 17.2. The van der Waals surface area contributed by atoms with Gasteiger partial charge in [0, 0.05) is 37.9 Å². The second kappa shape index (κ2) is 9.41. The smallest absolute Gasteiger partial charge is 0.251 e. The lowest BCUT2D eigenvalue weighted by Crippen LogP contribution is -2.56. The van der Waals surface area contributed by atoms with Crippen LogP contribution in [0.15, 0.2) is 48.7 Å². The lowest BCUT2D eigenvalue weighted by molar-refractivity contribution is -0.134. The molecule has 7 nitrogen and oxygen atoms in total. The molecule has 0 unspecified atom stereocenters. The average Bonchev–Trinajstić information content (AvgIpc) is 2.77. The number of ether oxygens (including phenoxy) is 1. The number of benzene rings is 1. The van der Waals surface area contributed by atoms with Crippen LogP contribution >= 0.6 is 0 Å². The van der Waals surface area contributed by atoms with Crippen LogP contribution in [0.2, 0.25) is 0 Å². The summed E-state index contributed by atoms with van der Waals surface area (Å²) in [7, 11) is 1.58. The van der Waals surface area contributed by atoms with E-state index >= 15 is 0 Å². The summed E-state index contributed by atoms with van der Waals surface area (Å²) in [4.78, 5) is 34.1. The van der Waals surface area contributed by atoms with Gasteiger partial charge in [-0.1, -0.05) is 19.9 Å². The fourth-order valence-corrected chi connectivity index (χ4v) is 3.37. The molecule has 1 aromatic heterocycles. The molecule has 1 saturated heterocycles. The predicted molar refractivity (Wildman–Crippen MR) is 112 cm³/mol. The fourth-order valence-electron chi connectivity index (χ4n) is 3.37. The second-order valence-electron chi connectivity index (χ2n) is 7.42. The number of nitrogens with zero attached hydrogens (tertiary/aromatic N) is 3. The summed E-state index contributed by atoms with van der Waals surface area (Å²) in [6.07, 6.45) is 1.77. The number of hydrogen-bond acceptors (Lipinski definition) is 5. The number of aromatic nitrogens is 1. The van der Waals surface area contributed by atoms with E-state index in [1.54, 1.807) is 37.6 Å². The Hall–Kier alpha value is -3.09.